The van der Waals surface area contributed by atoms with E-state index in [0.29, 0.717) is 0 Å². The summed E-state index contributed by atoms with van der Waals surface area (Å²) in [7, 11) is 0. The lowest BCUT2D eigenvalue weighted by atomic mass is 9.95. The number of hydrogen-bond acceptors (Lipinski definition) is 5. The monoisotopic (exact) mass is 258 g/mol. The summed E-state index contributed by atoms with van der Waals surface area (Å²) in [5.74, 6) is 0.168. The number of hydrogen-bond donors (Lipinski definition) is 1. The first kappa shape index (κ1) is 13.6. The van der Waals surface area contributed by atoms with Gasteiger partial charge in [-0.1, -0.05) is 13.8 Å². The molecule has 7 heteroatoms. The summed E-state index contributed by atoms with van der Waals surface area (Å²) < 4.78 is 0. The van der Waals surface area contributed by atoms with Crippen molar-refractivity contribution >= 4 is 23.1 Å². The molecule has 1 rings (SSSR count). The second-order valence-electron chi connectivity index (χ2n) is 4.02. The van der Waals surface area contributed by atoms with E-state index in [1.54, 1.807) is 0 Å². The summed E-state index contributed by atoms with van der Waals surface area (Å²) >= 11 is 5.65. The second kappa shape index (κ2) is 5.27. The maximum Gasteiger partial charge on any atom is 0.329 e. The zero-order valence-corrected chi connectivity index (χ0v) is 10.8. The lowest BCUT2D eigenvalue weighted by molar-refractivity contribution is -0.384. The lowest BCUT2D eigenvalue weighted by Gasteiger charge is -2.28. The summed E-state index contributed by atoms with van der Waals surface area (Å²) in [6.07, 6.45) is 2.76. The molecule has 0 aliphatic carbocycles. The molecule has 0 radical (unpaired) electrons. The third-order valence-corrected chi connectivity index (χ3v) is 3.10. The fourth-order valence-corrected chi connectivity index (χ4v) is 1.43. The molecule has 1 heterocycles. The van der Waals surface area contributed by atoms with Gasteiger partial charge < -0.3 is 5.32 Å². The maximum atomic E-state index is 10.8. The van der Waals surface area contributed by atoms with Gasteiger partial charge in [-0.05, 0) is 31.4 Å². The standard InChI is InChI=1S/C10H15ClN4O2/c1-4-10(3,5-2)14-8-7(15(16)17)6-12-9(11)13-8/h6H,4-5H2,1-3H3,(H,12,13,14). The first-order valence-corrected chi connectivity index (χ1v) is 5.74. The molecule has 6 nitrogen and oxygen atoms in total. The lowest BCUT2D eigenvalue weighted by Crippen LogP contribution is -2.33. The predicted molar refractivity (Wildman–Crippen MR) is 66.3 cm³/mol. The summed E-state index contributed by atoms with van der Waals surface area (Å²) in [5, 5.41) is 13.9. The molecule has 0 fully saturated rings. The molecule has 94 valence electrons. The Kier molecular flexibility index (Phi) is 4.22. The number of rotatable bonds is 5. The Hall–Kier alpha value is -1.43. The van der Waals surface area contributed by atoms with Gasteiger partial charge in [0.25, 0.3) is 0 Å². The number of halogens is 1. The average Bonchev–Trinajstić information content (AvgIpc) is 2.28. The Labute approximate surface area is 105 Å². The molecule has 0 saturated carbocycles. The largest absolute Gasteiger partial charge is 0.359 e. The van der Waals surface area contributed by atoms with Crippen LogP contribution in [-0.2, 0) is 0 Å². The Balaban J connectivity index is 3.12. The highest BCUT2D eigenvalue weighted by molar-refractivity contribution is 6.28. The van der Waals surface area contributed by atoms with Gasteiger partial charge in [-0.2, -0.15) is 4.98 Å². The number of nitrogens with one attached hydrogen (secondary N) is 1. The number of aromatic nitrogens is 2. The van der Waals surface area contributed by atoms with Crippen molar-refractivity contribution in [2.24, 2.45) is 0 Å². The van der Waals surface area contributed by atoms with E-state index >= 15 is 0 Å². The van der Waals surface area contributed by atoms with Gasteiger partial charge in [-0.3, -0.25) is 10.1 Å². The number of nitro groups is 1. The van der Waals surface area contributed by atoms with E-state index in [4.69, 9.17) is 11.6 Å². The Morgan fingerprint density at radius 2 is 2.12 bits per heavy atom. The maximum absolute atomic E-state index is 10.8. The molecule has 0 atom stereocenters. The van der Waals surface area contributed by atoms with Gasteiger partial charge in [0.1, 0.15) is 6.20 Å². The summed E-state index contributed by atoms with van der Waals surface area (Å²) in [6, 6.07) is 0. The molecule has 0 aliphatic rings. The van der Waals surface area contributed by atoms with Crippen LogP contribution in [0.5, 0.6) is 0 Å². The highest BCUT2D eigenvalue weighted by Gasteiger charge is 2.25. The molecule has 0 bridgehead atoms. The number of anilines is 1. The zero-order valence-electron chi connectivity index (χ0n) is 10.0. The van der Waals surface area contributed by atoms with Gasteiger partial charge in [0, 0.05) is 5.54 Å². The van der Waals surface area contributed by atoms with Crippen LogP contribution >= 0.6 is 11.6 Å². The summed E-state index contributed by atoms with van der Waals surface area (Å²) in [5.41, 5.74) is -0.412. The molecule has 0 aliphatic heterocycles. The highest BCUT2D eigenvalue weighted by Crippen LogP contribution is 2.27. The minimum atomic E-state index is -0.523. The quantitative estimate of drug-likeness (QED) is 0.499. The van der Waals surface area contributed by atoms with Crippen molar-refractivity contribution in [3.8, 4) is 0 Å². The first-order valence-electron chi connectivity index (χ1n) is 5.37. The topological polar surface area (TPSA) is 81.0 Å². The normalized spacial score (nSPS) is 11.3. The summed E-state index contributed by atoms with van der Waals surface area (Å²) in [6.45, 7) is 5.99. The third-order valence-electron chi connectivity index (χ3n) is 2.92. The second-order valence-corrected chi connectivity index (χ2v) is 4.36. The van der Waals surface area contributed by atoms with Crippen LogP contribution in [0.2, 0.25) is 5.28 Å². The van der Waals surface area contributed by atoms with Crippen molar-refractivity contribution in [1.82, 2.24) is 9.97 Å². The van der Waals surface area contributed by atoms with Crippen LogP contribution in [0, 0.1) is 10.1 Å². The minimum Gasteiger partial charge on any atom is -0.359 e. The average molecular weight is 259 g/mol. The molecule has 1 aromatic heterocycles. The molecule has 0 spiro atoms. The molecule has 0 aromatic carbocycles. The van der Waals surface area contributed by atoms with Gasteiger partial charge in [0.2, 0.25) is 11.1 Å². The van der Waals surface area contributed by atoms with Crippen LogP contribution in [0.4, 0.5) is 11.5 Å². The minimum absolute atomic E-state index is 0.00680. The van der Waals surface area contributed by atoms with Crippen LogP contribution in [0.3, 0.4) is 0 Å². The van der Waals surface area contributed by atoms with Crippen molar-refractivity contribution < 1.29 is 4.92 Å². The van der Waals surface area contributed by atoms with Crippen molar-refractivity contribution in [3.63, 3.8) is 0 Å². The molecule has 1 N–H and O–H groups in total. The van der Waals surface area contributed by atoms with E-state index in [9.17, 15) is 10.1 Å². The molecule has 17 heavy (non-hydrogen) atoms. The molecular formula is C10H15ClN4O2. The van der Waals surface area contributed by atoms with E-state index in [1.165, 1.54) is 0 Å². The molecule has 0 unspecified atom stereocenters. The van der Waals surface area contributed by atoms with Gasteiger partial charge in [0.05, 0.1) is 4.92 Å². The molecule has 0 saturated heterocycles. The van der Waals surface area contributed by atoms with Crippen LogP contribution < -0.4 is 5.32 Å². The predicted octanol–water partition coefficient (Wildman–Crippen LogP) is 3.03. The van der Waals surface area contributed by atoms with E-state index in [0.717, 1.165) is 19.0 Å². The van der Waals surface area contributed by atoms with Crippen molar-refractivity contribution in [2.45, 2.75) is 39.2 Å². The SMILES string of the molecule is CCC(C)(CC)Nc1nc(Cl)ncc1[N+](=O)[O-]. The van der Waals surface area contributed by atoms with E-state index < -0.39 is 4.92 Å². The Bertz CT molecular complexity index is 421. The fourth-order valence-electron chi connectivity index (χ4n) is 1.29. The highest BCUT2D eigenvalue weighted by atomic mass is 35.5. The van der Waals surface area contributed by atoms with E-state index in [2.05, 4.69) is 15.3 Å². The third kappa shape index (κ3) is 3.26. The molecular weight excluding hydrogens is 244 g/mol. The van der Waals surface area contributed by atoms with Crippen molar-refractivity contribution in [2.75, 3.05) is 5.32 Å². The van der Waals surface area contributed by atoms with Gasteiger partial charge >= 0.3 is 5.69 Å². The van der Waals surface area contributed by atoms with Crippen molar-refractivity contribution in [1.29, 1.82) is 0 Å². The van der Waals surface area contributed by atoms with Crippen LogP contribution in [0.25, 0.3) is 0 Å². The van der Waals surface area contributed by atoms with Crippen molar-refractivity contribution in [3.05, 3.63) is 21.6 Å². The summed E-state index contributed by atoms with van der Waals surface area (Å²) in [4.78, 5) is 17.8. The fraction of sp³-hybridized carbons (Fsp3) is 0.600. The van der Waals surface area contributed by atoms with Gasteiger partial charge in [-0.25, -0.2) is 4.98 Å². The smallest absolute Gasteiger partial charge is 0.329 e. The Morgan fingerprint density at radius 3 is 2.59 bits per heavy atom. The van der Waals surface area contributed by atoms with E-state index in [-0.39, 0.29) is 22.3 Å². The van der Waals surface area contributed by atoms with Gasteiger partial charge in [0.15, 0.2) is 0 Å². The number of nitrogens with zero attached hydrogens (tertiary/aromatic N) is 3. The van der Waals surface area contributed by atoms with Crippen LogP contribution in [-0.4, -0.2) is 20.4 Å². The Morgan fingerprint density at radius 1 is 1.53 bits per heavy atom. The zero-order chi connectivity index (χ0) is 13.1. The molecule has 1 aromatic rings. The van der Waals surface area contributed by atoms with Crippen LogP contribution in [0.1, 0.15) is 33.6 Å². The first-order chi connectivity index (χ1) is 7.91. The van der Waals surface area contributed by atoms with Crippen LogP contribution in [0.15, 0.2) is 6.20 Å². The van der Waals surface area contributed by atoms with Gasteiger partial charge in [-0.15, -0.1) is 0 Å². The van der Waals surface area contributed by atoms with E-state index in [1.807, 2.05) is 20.8 Å². The molecule has 0 amide bonds.